The fourth-order valence-corrected chi connectivity index (χ4v) is 2.63. The van der Waals surface area contributed by atoms with E-state index in [2.05, 4.69) is 0 Å². The lowest BCUT2D eigenvalue weighted by atomic mass is 10.1. The van der Waals surface area contributed by atoms with Gasteiger partial charge in [-0.1, -0.05) is 43.7 Å². The largest absolute Gasteiger partial charge is 0.507 e. The summed E-state index contributed by atoms with van der Waals surface area (Å²) < 4.78 is 17.0. The Bertz CT molecular complexity index is 928. The highest BCUT2D eigenvalue weighted by Crippen LogP contribution is 2.37. The minimum Gasteiger partial charge on any atom is -0.507 e. The molecule has 1 heterocycles. The monoisotopic (exact) mass is 340 g/mol. The summed E-state index contributed by atoms with van der Waals surface area (Å²) >= 11 is 0. The molecule has 0 fully saturated rings. The van der Waals surface area contributed by atoms with Crippen LogP contribution in [0.15, 0.2) is 51.7 Å². The maximum atomic E-state index is 13.0. The van der Waals surface area contributed by atoms with Gasteiger partial charge in [-0.3, -0.25) is 4.79 Å². The SMILES string of the molecule is CCCCOc1c(-c2ccccc2)oc2c(OC)ccc(O)c2c1=O. The van der Waals surface area contributed by atoms with E-state index in [-0.39, 0.29) is 22.5 Å². The number of benzene rings is 2. The molecule has 0 saturated heterocycles. The first-order valence-electron chi connectivity index (χ1n) is 8.22. The first-order valence-corrected chi connectivity index (χ1v) is 8.22. The van der Waals surface area contributed by atoms with Crippen molar-refractivity contribution in [2.75, 3.05) is 13.7 Å². The van der Waals surface area contributed by atoms with Gasteiger partial charge in [0.15, 0.2) is 17.1 Å². The van der Waals surface area contributed by atoms with Gasteiger partial charge in [0.25, 0.3) is 0 Å². The lowest BCUT2D eigenvalue weighted by molar-refractivity contribution is 0.300. The van der Waals surface area contributed by atoms with Crippen LogP contribution in [0.2, 0.25) is 0 Å². The zero-order valence-electron chi connectivity index (χ0n) is 14.2. The first kappa shape index (κ1) is 16.9. The number of rotatable bonds is 6. The van der Waals surface area contributed by atoms with Crippen LogP contribution < -0.4 is 14.9 Å². The van der Waals surface area contributed by atoms with E-state index in [1.165, 1.54) is 13.2 Å². The van der Waals surface area contributed by atoms with Crippen molar-refractivity contribution in [1.29, 1.82) is 0 Å². The highest BCUT2D eigenvalue weighted by Gasteiger charge is 2.22. The van der Waals surface area contributed by atoms with E-state index in [0.29, 0.717) is 18.1 Å². The number of hydrogen-bond donors (Lipinski definition) is 1. The number of hydrogen-bond acceptors (Lipinski definition) is 5. The van der Waals surface area contributed by atoms with Gasteiger partial charge in [-0.05, 0) is 18.6 Å². The van der Waals surface area contributed by atoms with E-state index in [1.54, 1.807) is 6.07 Å². The molecule has 5 nitrogen and oxygen atoms in total. The molecule has 0 bridgehead atoms. The third-order valence-corrected chi connectivity index (χ3v) is 3.94. The van der Waals surface area contributed by atoms with Crippen molar-refractivity contribution in [2.24, 2.45) is 0 Å². The molecule has 130 valence electrons. The van der Waals surface area contributed by atoms with Crippen molar-refractivity contribution in [3.63, 3.8) is 0 Å². The molecule has 2 aromatic carbocycles. The molecule has 3 aromatic rings. The van der Waals surface area contributed by atoms with Crippen molar-refractivity contribution < 1.29 is 19.0 Å². The number of unbranched alkanes of at least 4 members (excludes halogenated alkanes) is 1. The van der Waals surface area contributed by atoms with E-state index in [4.69, 9.17) is 13.9 Å². The van der Waals surface area contributed by atoms with Gasteiger partial charge in [-0.2, -0.15) is 0 Å². The molecule has 0 unspecified atom stereocenters. The van der Waals surface area contributed by atoms with Gasteiger partial charge in [0.1, 0.15) is 11.1 Å². The maximum absolute atomic E-state index is 13.0. The van der Waals surface area contributed by atoms with Crippen LogP contribution in [0.1, 0.15) is 19.8 Å². The average molecular weight is 340 g/mol. The normalized spacial score (nSPS) is 10.8. The highest BCUT2D eigenvalue weighted by atomic mass is 16.5. The Balaban J connectivity index is 2.31. The molecule has 0 atom stereocenters. The van der Waals surface area contributed by atoms with Crippen molar-refractivity contribution in [1.82, 2.24) is 0 Å². The lowest BCUT2D eigenvalue weighted by Gasteiger charge is -2.13. The summed E-state index contributed by atoms with van der Waals surface area (Å²) in [7, 11) is 1.49. The molecule has 0 aliphatic heterocycles. The quantitative estimate of drug-likeness (QED) is 0.676. The van der Waals surface area contributed by atoms with Gasteiger partial charge in [0.2, 0.25) is 11.2 Å². The van der Waals surface area contributed by atoms with Gasteiger partial charge < -0.3 is 19.0 Å². The molecular formula is C20H20O5. The van der Waals surface area contributed by atoms with E-state index >= 15 is 0 Å². The summed E-state index contributed by atoms with van der Waals surface area (Å²) in [6.45, 7) is 2.44. The van der Waals surface area contributed by atoms with Crippen LogP contribution in [0.4, 0.5) is 0 Å². The molecule has 0 amide bonds. The molecule has 0 saturated carbocycles. The summed E-state index contributed by atoms with van der Waals surface area (Å²) in [5.74, 6) is 0.653. The number of phenols is 1. The topological polar surface area (TPSA) is 68.9 Å². The number of ether oxygens (including phenoxy) is 2. The van der Waals surface area contributed by atoms with Crippen molar-refractivity contribution >= 4 is 11.0 Å². The number of aromatic hydroxyl groups is 1. The molecule has 1 aromatic heterocycles. The third kappa shape index (κ3) is 3.18. The van der Waals surface area contributed by atoms with Gasteiger partial charge in [-0.25, -0.2) is 0 Å². The molecule has 25 heavy (non-hydrogen) atoms. The zero-order valence-corrected chi connectivity index (χ0v) is 14.2. The van der Waals surface area contributed by atoms with Crippen LogP contribution in [0.25, 0.3) is 22.3 Å². The van der Waals surface area contributed by atoms with Crippen LogP contribution in [0, 0.1) is 0 Å². The Labute approximate surface area is 145 Å². The van der Waals surface area contributed by atoms with E-state index < -0.39 is 5.43 Å². The van der Waals surface area contributed by atoms with Crippen LogP contribution in [-0.4, -0.2) is 18.8 Å². The standard InChI is InChI=1S/C20H20O5/c1-3-4-12-24-20-17(22)16-14(21)10-11-15(23-2)19(16)25-18(20)13-8-6-5-7-9-13/h5-11,21H,3-4,12H2,1-2H3. The predicted molar refractivity (Wildman–Crippen MR) is 96.5 cm³/mol. The Morgan fingerprint density at radius 1 is 1.12 bits per heavy atom. The Morgan fingerprint density at radius 3 is 2.56 bits per heavy atom. The van der Waals surface area contributed by atoms with E-state index in [1.807, 2.05) is 37.3 Å². The fraction of sp³-hybridized carbons (Fsp3) is 0.250. The second-order valence-electron chi connectivity index (χ2n) is 5.65. The second kappa shape index (κ2) is 7.30. The summed E-state index contributed by atoms with van der Waals surface area (Å²) in [5, 5.41) is 10.2. The fourth-order valence-electron chi connectivity index (χ4n) is 2.63. The molecular weight excluding hydrogens is 320 g/mol. The Kier molecular flexibility index (Phi) is 4.93. The lowest BCUT2D eigenvalue weighted by Crippen LogP contribution is -2.11. The van der Waals surface area contributed by atoms with Gasteiger partial charge in [-0.15, -0.1) is 0 Å². The second-order valence-corrected chi connectivity index (χ2v) is 5.65. The third-order valence-electron chi connectivity index (χ3n) is 3.94. The molecule has 3 rings (SSSR count). The van der Waals surface area contributed by atoms with E-state index in [9.17, 15) is 9.90 Å². The minimum absolute atomic E-state index is 0.0607. The summed E-state index contributed by atoms with van der Waals surface area (Å²) in [6, 6.07) is 12.2. The molecule has 1 N–H and O–H groups in total. The molecule has 5 heteroatoms. The van der Waals surface area contributed by atoms with Crippen molar-refractivity contribution in [3.05, 3.63) is 52.7 Å². The van der Waals surface area contributed by atoms with Gasteiger partial charge in [0, 0.05) is 5.56 Å². The number of phenolic OH excluding ortho intramolecular Hbond substituents is 1. The van der Waals surface area contributed by atoms with E-state index in [0.717, 1.165) is 18.4 Å². The molecule has 0 radical (unpaired) electrons. The number of fused-ring (bicyclic) bond motifs is 1. The predicted octanol–water partition coefficient (Wildman–Crippen LogP) is 4.35. The molecule has 0 aliphatic carbocycles. The Morgan fingerprint density at radius 2 is 1.88 bits per heavy atom. The minimum atomic E-state index is -0.410. The average Bonchev–Trinajstić information content (AvgIpc) is 2.64. The summed E-state index contributed by atoms with van der Waals surface area (Å²) in [6.07, 6.45) is 1.76. The summed E-state index contributed by atoms with van der Waals surface area (Å²) in [4.78, 5) is 13.0. The molecule has 0 aliphatic rings. The van der Waals surface area contributed by atoms with Crippen LogP contribution >= 0.6 is 0 Å². The smallest absolute Gasteiger partial charge is 0.239 e. The first-order chi connectivity index (χ1) is 12.2. The molecule has 0 spiro atoms. The van der Waals surface area contributed by atoms with Crippen LogP contribution in [0.5, 0.6) is 17.2 Å². The van der Waals surface area contributed by atoms with Crippen molar-refractivity contribution in [2.45, 2.75) is 19.8 Å². The Hall–Kier alpha value is -2.95. The van der Waals surface area contributed by atoms with Gasteiger partial charge in [0.05, 0.1) is 13.7 Å². The number of methoxy groups -OCH3 is 1. The zero-order chi connectivity index (χ0) is 17.8. The van der Waals surface area contributed by atoms with Crippen LogP contribution in [0.3, 0.4) is 0 Å². The maximum Gasteiger partial charge on any atom is 0.239 e. The highest BCUT2D eigenvalue weighted by molar-refractivity contribution is 5.91. The van der Waals surface area contributed by atoms with Crippen molar-refractivity contribution in [3.8, 4) is 28.6 Å². The summed E-state index contributed by atoms with van der Waals surface area (Å²) in [5.41, 5.74) is 0.514. The van der Waals surface area contributed by atoms with Gasteiger partial charge >= 0.3 is 0 Å². The van der Waals surface area contributed by atoms with Crippen LogP contribution in [-0.2, 0) is 0 Å².